The fourth-order valence-corrected chi connectivity index (χ4v) is 3.99. The van der Waals surface area contributed by atoms with Crippen LogP contribution in [0.1, 0.15) is 49.9 Å². The molecule has 7 heteroatoms. The summed E-state index contributed by atoms with van der Waals surface area (Å²) >= 11 is 0. The fourth-order valence-electron chi connectivity index (χ4n) is 3.99. The second-order valence-electron chi connectivity index (χ2n) is 8.13. The molecule has 2 aromatic carbocycles. The molecule has 1 unspecified atom stereocenters. The molecule has 0 aliphatic heterocycles. The number of nitrogens with one attached hydrogen (secondary N) is 1. The number of rotatable bonds is 7. The molecule has 4 rings (SSSR count). The smallest absolute Gasteiger partial charge is 0.258 e. The van der Waals surface area contributed by atoms with Gasteiger partial charge in [-0.25, -0.2) is 0 Å². The molecule has 1 aliphatic rings. The Balaban J connectivity index is 1.63. The molecule has 2 N–H and O–H groups in total. The van der Waals surface area contributed by atoms with E-state index >= 15 is 0 Å². The third-order valence-corrected chi connectivity index (χ3v) is 5.41. The van der Waals surface area contributed by atoms with Crippen LogP contribution in [0.15, 0.2) is 40.9 Å². The number of hydrogen-bond acceptors (Lipinski definition) is 7. The molecule has 0 spiro atoms. The van der Waals surface area contributed by atoms with Crippen LogP contribution >= 0.6 is 0 Å². The van der Waals surface area contributed by atoms with Gasteiger partial charge in [-0.3, -0.25) is 0 Å². The van der Waals surface area contributed by atoms with Crippen molar-refractivity contribution in [2.45, 2.75) is 51.8 Å². The Morgan fingerprint density at radius 1 is 1.29 bits per heavy atom. The number of aromatic nitrogens is 2. The Morgan fingerprint density at radius 3 is 2.87 bits per heavy atom. The van der Waals surface area contributed by atoms with E-state index in [1.165, 1.54) is 11.1 Å². The van der Waals surface area contributed by atoms with Crippen molar-refractivity contribution in [3.8, 4) is 34.7 Å². The molecule has 7 nitrogen and oxygen atoms in total. The Hall–Kier alpha value is -3.21. The van der Waals surface area contributed by atoms with Gasteiger partial charge in [0.2, 0.25) is 5.82 Å². The van der Waals surface area contributed by atoms with Gasteiger partial charge >= 0.3 is 0 Å². The number of aliphatic hydroxyl groups excluding tert-OH is 1. The summed E-state index contributed by atoms with van der Waals surface area (Å²) in [5.41, 5.74) is 4.48. The molecule has 160 valence electrons. The molecule has 0 saturated carbocycles. The van der Waals surface area contributed by atoms with E-state index in [4.69, 9.17) is 9.26 Å². The van der Waals surface area contributed by atoms with E-state index < -0.39 is 0 Å². The van der Waals surface area contributed by atoms with Crippen LogP contribution in [0.3, 0.4) is 0 Å². The second-order valence-corrected chi connectivity index (χ2v) is 8.13. The maximum absolute atomic E-state index is 9.48. The minimum Gasteiger partial charge on any atom is -0.490 e. The first-order chi connectivity index (χ1) is 15.0. The second kappa shape index (κ2) is 8.88. The Labute approximate surface area is 181 Å². The van der Waals surface area contributed by atoms with E-state index in [9.17, 15) is 10.4 Å². The van der Waals surface area contributed by atoms with Crippen LogP contribution in [0.4, 0.5) is 0 Å². The van der Waals surface area contributed by atoms with Crippen molar-refractivity contribution < 1.29 is 14.4 Å². The number of nitrogens with zero attached hydrogens (tertiary/aromatic N) is 3. The predicted octanol–water partition coefficient (Wildman–Crippen LogP) is 4.02. The SMILES string of the molecule is CC(CO)N[C@H]1CCc2c(-c3noc(-c4ccc(OC(C)C)c(C#N)c4)n3)cccc21. The third-order valence-electron chi connectivity index (χ3n) is 5.41. The average Bonchev–Trinajstić information content (AvgIpc) is 3.41. The molecular weight excluding hydrogens is 392 g/mol. The van der Waals surface area contributed by atoms with Gasteiger partial charge in [-0.1, -0.05) is 23.4 Å². The van der Waals surface area contributed by atoms with Gasteiger partial charge in [0.05, 0.1) is 18.3 Å². The largest absolute Gasteiger partial charge is 0.490 e. The first kappa shape index (κ1) is 21.0. The van der Waals surface area contributed by atoms with Crippen LogP contribution in [0.25, 0.3) is 22.8 Å². The van der Waals surface area contributed by atoms with Crippen molar-refractivity contribution in [2.75, 3.05) is 6.61 Å². The van der Waals surface area contributed by atoms with Gasteiger partial charge in [0.25, 0.3) is 5.89 Å². The molecule has 1 heterocycles. The highest BCUT2D eigenvalue weighted by Crippen LogP contribution is 2.37. The lowest BCUT2D eigenvalue weighted by Gasteiger charge is -2.18. The van der Waals surface area contributed by atoms with Crippen molar-refractivity contribution in [1.29, 1.82) is 5.26 Å². The third kappa shape index (κ3) is 4.31. The van der Waals surface area contributed by atoms with Gasteiger partial charge in [0.1, 0.15) is 11.8 Å². The van der Waals surface area contributed by atoms with E-state index in [0.29, 0.717) is 28.6 Å². The summed E-state index contributed by atoms with van der Waals surface area (Å²) in [4.78, 5) is 4.61. The molecule has 2 atom stereocenters. The quantitative estimate of drug-likeness (QED) is 0.597. The molecule has 1 aliphatic carbocycles. The number of ether oxygens (including phenoxy) is 1. The number of fused-ring (bicyclic) bond motifs is 1. The van der Waals surface area contributed by atoms with Gasteiger partial charge in [0.15, 0.2) is 0 Å². The highest BCUT2D eigenvalue weighted by molar-refractivity contribution is 5.67. The molecule has 0 fully saturated rings. The number of benzene rings is 2. The van der Waals surface area contributed by atoms with Crippen LogP contribution in [-0.2, 0) is 6.42 Å². The summed E-state index contributed by atoms with van der Waals surface area (Å²) in [6.07, 6.45) is 1.85. The van der Waals surface area contributed by atoms with E-state index in [0.717, 1.165) is 18.4 Å². The lowest BCUT2D eigenvalue weighted by molar-refractivity contribution is 0.240. The monoisotopic (exact) mass is 418 g/mol. The van der Waals surface area contributed by atoms with Gasteiger partial charge in [-0.2, -0.15) is 10.2 Å². The zero-order valence-electron chi connectivity index (χ0n) is 17.9. The Morgan fingerprint density at radius 2 is 2.13 bits per heavy atom. The molecule has 0 saturated heterocycles. The molecule has 31 heavy (non-hydrogen) atoms. The minimum absolute atomic E-state index is 0.0215. The van der Waals surface area contributed by atoms with E-state index in [1.54, 1.807) is 12.1 Å². The maximum Gasteiger partial charge on any atom is 0.258 e. The summed E-state index contributed by atoms with van der Waals surface area (Å²) in [6.45, 7) is 5.91. The van der Waals surface area contributed by atoms with Crippen LogP contribution in [0.2, 0.25) is 0 Å². The number of nitriles is 1. The zero-order valence-corrected chi connectivity index (χ0v) is 17.9. The first-order valence-corrected chi connectivity index (χ1v) is 10.5. The lowest BCUT2D eigenvalue weighted by Crippen LogP contribution is -2.32. The van der Waals surface area contributed by atoms with E-state index in [-0.39, 0.29) is 24.8 Å². The highest BCUT2D eigenvalue weighted by atomic mass is 16.5. The number of hydrogen-bond donors (Lipinski definition) is 2. The normalized spacial score (nSPS) is 16.2. The zero-order chi connectivity index (χ0) is 22.0. The van der Waals surface area contributed by atoms with Gasteiger partial charge < -0.3 is 19.7 Å². The highest BCUT2D eigenvalue weighted by Gasteiger charge is 2.27. The lowest BCUT2D eigenvalue weighted by atomic mass is 10.0. The van der Waals surface area contributed by atoms with Gasteiger partial charge in [0, 0.05) is 23.2 Å². The Kier molecular flexibility index (Phi) is 6.03. The maximum atomic E-state index is 9.48. The van der Waals surface area contributed by atoms with Gasteiger partial charge in [-0.05, 0) is 62.9 Å². The average molecular weight is 418 g/mol. The van der Waals surface area contributed by atoms with Crippen LogP contribution in [0.5, 0.6) is 5.75 Å². The van der Waals surface area contributed by atoms with Crippen molar-refractivity contribution >= 4 is 0 Å². The minimum atomic E-state index is -0.0215. The van der Waals surface area contributed by atoms with Gasteiger partial charge in [-0.15, -0.1) is 0 Å². The number of aliphatic hydroxyl groups is 1. The van der Waals surface area contributed by atoms with Crippen molar-refractivity contribution in [3.05, 3.63) is 53.1 Å². The predicted molar refractivity (Wildman–Crippen MR) is 116 cm³/mol. The standard InChI is InChI=1S/C24H26N4O3/c1-14(2)30-22-10-7-16(11-17(22)12-25)24-27-23(28-31-24)20-6-4-5-19-18(20)8-9-21(19)26-15(3)13-29/h4-7,10-11,14-15,21,26,29H,8-9,13H2,1-3H3/t15?,21-/m0/s1. The molecule has 0 bridgehead atoms. The summed E-state index contributed by atoms with van der Waals surface area (Å²) in [6, 6.07) is 13.8. The fraction of sp³-hybridized carbons (Fsp3) is 0.375. The van der Waals surface area contributed by atoms with Crippen LogP contribution in [-0.4, -0.2) is 34.0 Å². The first-order valence-electron chi connectivity index (χ1n) is 10.5. The molecule has 1 aromatic heterocycles. The van der Waals surface area contributed by atoms with Crippen LogP contribution in [0, 0.1) is 11.3 Å². The molecule has 0 radical (unpaired) electrons. The molecule has 0 amide bonds. The summed E-state index contributed by atoms with van der Waals surface area (Å²) in [5.74, 6) is 1.43. The van der Waals surface area contributed by atoms with Crippen molar-refractivity contribution in [2.24, 2.45) is 0 Å². The topological polar surface area (TPSA) is 104 Å². The van der Waals surface area contributed by atoms with E-state index in [2.05, 4.69) is 27.6 Å². The van der Waals surface area contributed by atoms with Crippen molar-refractivity contribution in [1.82, 2.24) is 15.5 Å². The van der Waals surface area contributed by atoms with Crippen molar-refractivity contribution in [3.63, 3.8) is 0 Å². The van der Waals surface area contributed by atoms with E-state index in [1.807, 2.05) is 39.0 Å². The molecule has 3 aromatic rings. The summed E-state index contributed by atoms with van der Waals surface area (Å²) in [7, 11) is 0. The molecular formula is C24H26N4O3. The Bertz CT molecular complexity index is 1120. The summed E-state index contributed by atoms with van der Waals surface area (Å²) in [5, 5.41) is 26.5. The van der Waals surface area contributed by atoms with Crippen LogP contribution < -0.4 is 10.1 Å². The summed E-state index contributed by atoms with van der Waals surface area (Å²) < 4.78 is 11.2.